The first-order chi connectivity index (χ1) is 5.79. The van der Waals surface area contributed by atoms with Crippen LogP contribution in [0.1, 0.15) is 25.7 Å². The molecule has 2 aliphatic carbocycles. The lowest BCUT2D eigenvalue weighted by Crippen LogP contribution is -2.36. The van der Waals surface area contributed by atoms with E-state index in [9.17, 15) is 9.59 Å². The number of Topliss-reactive ketones (excluding diaryl/α,β-unsaturated/α-hetero) is 2. The molecule has 0 saturated heterocycles. The first-order valence-corrected chi connectivity index (χ1v) is 4.49. The lowest BCUT2D eigenvalue weighted by Gasteiger charge is -2.29. The van der Waals surface area contributed by atoms with E-state index in [2.05, 4.69) is 0 Å². The van der Waals surface area contributed by atoms with Gasteiger partial charge >= 0.3 is 0 Å². The van der Waals surface area contributed by atoms with Gasteiger partial charge in [-0.3, -0.25) is 9.59 Å². The predicted molar refractivity (Wildman–Crippen MR) is 44.6 cm³/mol. The van der Waals surface area contributed by atoms with Gasteiger partial charge in [0, 0.05) is 24.7 Å². The summed E-state index contributed by atoms with van der Waals surface area (Å²) in [4.78, 5) is 22.8. The third-order valence-corrected chi connectivity index (χ3v) is 2.88. The Morgan fingerprint density at radius 1 is 0.917 bits per heavy atom. The van der Waals surface area contributed by atoms with Crippen LogP contribution in [0.15, 0.2) is 12.2 Å². The Bertz CT molecular complexity index is 227. The van der Waals surface area contributed by atoms with Crippen molar-refractivity contribution in [1.82, 2.24) is 0 Å². The molecule has 0 aliphatic heterocycles. The van der Waals surface area contributed by atoms with Crippen LogP contribution in [0.25, 0.3) is 0 Å². The maximum atomic E-state index is 11.4. The van der Waals surface area contributed by atoms with E-state index in [0.717, 1.165) is 12.8 Å². The molecule has 0 aromatic carbocycles. The highest BCUT2D eigenvalue weighted by molar-refractivity contribution is 5.96. The zero-order valence-corrected chi connectivity index (χ0v) is 6.95. The van der Waals surface area contributed by atoms with Crippen molar-refractivity contribution >= 4 is 11.6 Å². The van der Waals surface area contributed by atoms with Crippen LogP contribution in [0.4, 0.5) is 0 Å². The second kappa shape index (κ2) is 2.85. The SMILES string of the molecule is O=C1CCC(=O)C2CC=CCC12. The minimum atomic E-state index is 0.0243. The molecule has 2 nitrogen and oxygen atoms in total. The molecule has 2 aliphatic rings. The molecule has 2 unspecified atom stereocenters. The van der Waals surface area contributed by atoms with Crippen molar-refractivity contribution in [1.29, 1.82) is 0 Å². The van der Waals surface area contributed by atoms with E-state index in [1.54, 1.807) is 0 Å². The summed E-state index contributed by atoms with van der Waals surface area (Å²) in [6.07, 6.45) is 6.58. The van der Waals surface area contributed by atoms with Gasteiger partial charge < -0.3 is 0 Å². The molecule has 0 bridgehead atoms. The van der Waals surface area contributed by atoms with Gasteiger partial charge in [-0.2, -0.15) is 0 Å². The van der Waals surface area contributed by atoms with E-state index in [4.69, 9.17) is 0 Å². The van der Waals surface area contributed by atoms with Crippen LogP contribution in [0.5, 0.6) is 0 Å². The zero-order chi connectivity index (χ0) is 8.55. The van der Waals surface area contributed by atoms with E-state index in [1.165, 1.54) is 0 Å². The van der Waals surface area contributed by atoms with Crippen molar-refractivity contribution in [3.63, 3.8) is 0 Å². The molecule has 2 atom stereocenters. The van der Waals surface area contributed by atoms with Crippen molar-refractivity contribution < 1.29 is 9.59 Å². The molecule has 0 aromatic rings. The Kier molecular flexibility index (Phi) is 1.83. The van der Waals surface area contributed by atoms with E-state index in [-0.39, 0.29) is 11.8 Å². The highest BCUT2D eigenvalue weighted by Crippen LogP contribution is 2.33. The zero-order valence-electron chi connectivity index (χ0n) is 6.95. The van der Waals surface area contributed by atoms with Gasteiger partial charge in [0.15, 0.2) is 0 Å². The van der Waals surface area contributed by atoms with Crippen LogP contribution >= 0.6 is 0 Å². The van der Waals surface area contributed by atoms with Crippen LogP contribution in [-0.4, -0.2) is 11.6 Å². The first-order valence-electron chi connectivity index (χ1n) is 4.49. The third-order valence-electron chi connectivity index (χ3n) is 2.88. The minimum absolute atomic E-state index is 0.0243. The second-order valence-electron chi connectivity index (χ2n) is 3.59. The number of fused-ring (bicyclic) bond motifs is 1. The predicted octanol–water partition coefficient (Wildman–Crippen LogP) is 1.50. The molecule has 1 fully saturated rings. The molecule has 0 spiro atoms. The standard InChI is InChI=1S/C10H12O2/c11-9-5-6-10(12)8-4-2-1-3-7(8)9/h1-2,7-8H,3-6H2. The number of allylic oxidation sites excluding steroid dienone is 2. The molecule has 0 heterocycles. The summed E-state index contributed by atoms with van der Waals surface area (Å²) >= 11 is 0. The van der Waals surface area contributed by atoms with Crippen molar-refractivity contribution in [3.8, 4) is 0 Å². The molecule has 1 saturated carbocycles. The lowest BCUT2D eigenvalue weighted by molar-refractivity contribution is -0.137. The molecular formula is C10H12O2. The number of hydrogen-bond acceptors (Lipinski definition) is 2. The van der Waals surface area contributed by atoms with E-state index in [1.807, 2.05) is 12.2 Å². The van der Waals surface area contributed by atoms with Gasteiger partial charge in [-0.15, -0.1) is 0 Å². The van der Waals surface area contributed by atoms with E-state index in [0.29, 0.717) is 24.4 Å². The molecule has 2 rings (SSSR count). The fourth-order valence-electron chi connectivity index (χ4n) is 2.14. The Hall–Kier alpha value is -0.920. The van der Waals surface area contributed by atoms with E-state index < -0.39 is 0 Å². The van der Waals surface area contributed by atoms with E-state index >= 15 is 0 Å². The largest absolute Gasteiger partial charge is 0.299 e. The van der Waals surface area contributed by atoms with Crippen LogP contribution in [0.2, 0.25) is 0 Å². The van der Waals surface area contributed by atoms with Gasteiger partial charge in [-0.05, 0) is 12.8 Å². The van der Waals surface area contributed by atoms with Crippen LogP contribution in [0.3, 0.4) is 0 Å². The number of hydrogen-bond donors (Lipinski definition) is 0. The minimum Gasteiger partial charge on any atom is -0.299 e. The molecular weight excluding hydrogens is 152 g/mol. The third kappa shape index (κ3) is 1.11. The Morgan fingerprint density at radius 2 is 1.33 bits per heavy atom. The normalized spacial score (nSPS) is 35.0. The van der Waals surface area contributed by atoms with Crippen molar-refractivity contribution in [3.05, 3.63) is 12.2 Å². The highest BCUT2D eigenvalue weighted by Gasteiger charge is 2.37. The average molecular weight is 164 g/mol. The second-order valence-corrected chi connectivity index (χ2v) is 3.59. The van der Waals surface area contributed by atoms with Crippen LogP contribution in [-0.2, 0) is 9.59 Å². The monoisotopic (exact) mass is 164 g/mol. The number of carbonyl (C=O) groups is 2. The Labute approximate surface area is 71.6 Å². The smallest absolute Gasteiger partial charge is 0.137 e. The number of rotatable bonds is 0. The average Bonchev–Trinajstić information content (AvgIpc) is 2.12. The summed E-state index contributed by atoms with van der Waals surface area (Å²) < 4.78 is 0. The Morgan fingerprint density at radius 3 is 1.75 bits per heavy atom. The summed E-state index contributed by atoms with van der Waals surface area (Å²) in [5, 5.41) is 0. The van der Waals surface area contributed by atoms with Gasteiger partial charge in [0.1, 0.15) is 11.6 Å². The fourth-order valence-corrected chi connectivity index (χ4v) is 2.14. The maximum absolute atomic E-state index is 11.4. The molecule has 0 aromatic heterocycles. The summed E-state index contributed by atoms with van der Waals surface area (Å²) in [7, 11) is 0. The lowest BCUT2D eigenvalue weighted by atomic mass is 9.72. The highest BCUT2D eigenvalue weighted by atomic mass is 16.1. The maximum Gasteiger partial charge on any atom is 0.137 e. The molecule has 2 heteroatoms. The van der Waals surface area contributed by atoms with Crippen molar-refractivity contribution in [2.75, 3.05) is 0 Å². The van der Waals surface area contributed by atoms with Gasteiger partial charge in [0.25, 0.3) is 0 Å². The quantitative estimate of drug-likeness (QED) is 0.508. The fraction of sp³-hybridized carbons (Fsp3) is 0.600. The van der Waals surface area contributed by atoms with Gasteiger partial charge in [-0.25, -0.2) is 0 Å². The van der Waals surface area contributed by atoms with Crippen LogP contribution in [0, 0.1) is 11.8 Å². The molecule has 0 radical (unpaired) electrons. The topological polar surface area (TPSA) is 34.1 Å². The van der Waals surface area contributed by atoms with Gasteiger partial charge in [0.05, 0.1) is 0 Å². The summed E-state index contributed by atoms with van der Waals surface area (Å²) in [6, 6.07) is 0. The van der Waals surface area contributed by atoms with Crippen molar-refractivity contribution in [2.45, 2.75) is 25.7 Å². The molecule has 0 N–H and O–H groups in total. The van der Waals surface area contributed by atoms with Crippen LogP contribution < -0.4 is 0 Å². The molecule has 64 valence electrons. The first kappa shape index (κ1) is 7.71. The van der Waals surface area contributed by atoms with Crippen molar-refractivity contribution in [2.24, 2.45) is 11.8 Å². The van der Waals surface area contributed by atoms with Gasteiger partial charge in [0.2, 0.25) is 0 Å². The molecule has 0 amide bonds. The summed E-state index contributed by atoms with van der Waals surface area (Å²) in [5.74, 6) is 0.639. The summed E-state index contributed by atoms with van der Waals surface area (Å²) in [6.45, 7) is 0. The Balaban J connectivity index is 2.23. The number of ketones is 2. The number of carbonyl (C=O) groups excluding carboxylic acids is 2. The van der Waals surface area contributed by atoms with Gasteiger partial charge in [-0.1, -0.05) is 12.2 Å². The summed E-state index contributed by atoms with van der Waals surface area (Å²) in [5.41, 5.74) is 0. The molecule has 12 heavy (non-hydrogen) atoms.